The molecule has 1 atom stereocenters. The lowest BCUT2D eigenvalue weighted by Crippen LogP contribution is -2.55. The normalized spacial score (nSPS) is 16.9. The second-order valence-electron chi connectivity index (χ2n) is 9.79. The number of anilines is 1. The van der Waals surface area contributed by atoms with E-state index < -0.39 is 23.2 Å². The number of methoxy groups -OCH3 is 1. The third kappa shape index (κ3) is 5.10. The molecule has 4 rings (SSSR count). The smallest absolute Gasteiger partial charge is 0.408 e. The van der Waals surface area contributed by atoms with Crippen molar-refractivity contribution < 1.29 is 23.9 Å². The zero-order valence-electron chi connectivity index (χ0n) is 20.9. The van der Waals surface area contributed by atoms with Crippen LogP contribution >= 0.6 is 0 Å². The molecule has 1 aliphatic rings. The van der Waals surface area contributed by atoms with Gasteiger partial charge in [-0.15, -0.1) is 0 Å². The summed E-state index contributed by atoms with van der Waals surface area (Å²) in [4.78, 5) is 40.8. The summed E-state index contributed by atoms with van der Waals surface area (Å²) >= 11 is 0. The van der Waals surface area contributed by atoms with Gasteiger partial charge in [-0.1, -0.05) is 60.7 Å². The minimum Gasteiger partial charge on any atom is -0.465 e. The Morgan fingerprint density at radius 3 is 2.17 bits per heavy atom. The van der Waals surface area contributed by atoms with Crippen LogP contribution < -0.4 is 10.2 Å². The van der Waals surface area contributed by atoms with Gasteiger partial charge in [0, 0.05) is 12.0 Å². The average molecular weight is 487 g/mol. The maximum absolute atomic E-state index is 14.2. The first-order chi connectivity index (χ1) is 17.1. The van der Waals surface area contributed by atoms with Gasteiger partial charge in [0.1, 0.15) is 5.60 Å². The van der Waals surface area contributed by atoms with Gasteiger partial charge in [-0.3, -0.25) is 4.79 Å². The molecule has 1 N–H and O–H groups in total. The first-order valence-corrected chi connectivity index (χ1v) is 11.8. The number of nitrogens with zero attached hydrogens (tertiary/aromatic N) is 1. The minimum absolute atomic E-state index is 0.175. The standard InChI is InChI=1S/C29H30N2O5/c1-28(2,3)36-27(34)30-29(18-20-14-16-22(17-15-20)25(32)35-4)23-12-8-9-13-24(23)31(26(29)33)19-21-10-6-5-7-11-21/h5-17H,18-19H2,1-4H3,(H,30,34)/t29-/m0/s1. The number of amides is 2. The molecule has 3 aromatic carbocycles. The predicted molar refractivity (Wildman–Crippen MR) is 137 cm³/mol. The fraction of sp³-hybridized carbons (Fsp3) is 0.276. The van der Waals surface area contributed by atoms with Crippen molar-refractivity contribution in [2.75, 3.05) is 12.0 Å². The van der Waals surface area contributed by atoms with E-state index in [9.17, 15) is 14.4 Å². The molecular formula is C29H30N2O5. The number of benzene rings is 3. The molecule has 0 unspecified atom stereocenters. The molecule has 2 amide bonds. The molecule has 1 heterocycles. The number of rotatable bonds is 6. The Kier molecular flexibility index (Phi) is 6.84. The van der Waals surface area contributed by atoms with Crippen LogP contribution in [0.5, 0.6) is 0 Å². The Morgan fingerprint density at radius 1 is 0.889 bits per heavy atom. The van der Waals surface area contributed by atoms with E-state index >= 15 is 0 Å². The molecule has 0 radical (unpaired) electrons. The molecule has 0 saturated heterocycles. The summed E-state index contributed by atoms with van der Waals surface area (Å²) in [5.41, 5.74) is 1.43. The molecule has 7 heteroatoms. The largest absolute Gasteiger partial charge is 0.465 e. The fourth-order valence-electron chi connectivity index (χ4n) is 4.44. The molecule has 0 aliphatic carbocycles. The SMILES string of the molecule is COC(=O)c1ccc(C[C@@]2(NC(=O)OC(C)(C)C)C(=O)N(Cc3ccccc3)c3ccccc32)cc1. The van der Waals surface area contributed by atoms with E-state index in [0.717, 1.165) is 16.8 Å². The minimum atomic E-state index is -1.39. The Bertz CT molecular complexity index is 1260. The van der Waals surface area contributed by atoms with Gasteiger partial charge in [-0.2, -0.15) is 0 Å². The lowest BCUT2D eigenvalue weighted by Gasteiger charge is -2.31. The van der Waals surface area contributed by atoms with Crippen molar-refractivity contribution in [2.24, 2.45) is 0 Å². The summed E-state index contributed by atoms with van der Waals surface area (Å²) in [6.45, 7) is 5.68. The Labute approximate surface area is 211 Å². The van der Waals surface area contributed by atoms with Crippen LogP contribution in [0.2, 0.25) is 0 Å². The predicted octanol–water partition coefficient (Wildman–Crippen LogP) is 4.98. The van der Waals surface area contributed by atoms with Crippen LogP contribution in [0.15, 0.2) is 78.9 Å². The number of carbonyl (C=O) groups excluding carboxylic acids is 3. The highest BCUT2D eigenvalue weighted by molar-refractivity contribution is 6.09. The summed E-state index contributed by atoms with van der Waals surface area (Å²) in [7, 11) is 1.32. The van der Waals surface area contributed by atoms with Crippen LogP contribution in [0, 0.1) is 0 Å². The number of nitrogens with one attached hydrogen (secondary N) is 1. The Hall–Kier alpha value is -4.13. The zero-order chi connectivity index (χ0) is 25.9. The third-order valence-electron chi connectivity index (χ3n) is 6.01. The van der Waals surface area contributed by atoms with Gasteiger partial charge in [0.05, 0.1) is 24.9 Å². The number of alkyl carbamates (subject to hydrolysis) is 1. The number of hydrogen-bond donors (Lipinski definition) is 1. The summed E-state index contributed by atoms with van der Waals surface area (Å²) in [5.74, 6) is -0.699. The molecule has 0 bridgehead atoms. The zero-order valence-corrected chi connectivity index (χ0v) is 20.9. The molecule has 186 valence electrons. The summed E-state index contributed by atoms with van der Waals surface area (Å²) in [6, 6.07) is 24.0. The third-order valence-corrected chi connectivity index (χ3v) is 6.01. The second kappa shape index (κ2) is 9.85. The van der Waals surface area contributed by atoms with Gasteiger partial charge >= 0.3 is 12.1 Å². The molecule has 0 saturated carbocycles. The van der Waals surface area contributed by atoms with Crippen molar-refractivity contribution in [3.8, 4) is 0 Å². The maximum atomic E-state index is 14.2. The number of hydrogen-bond acceptors (Lipinski definition) is 5. The Balaban J connectivity index is 1.77. The van der Waals surface area contributed by atoms with Crippen molar-refractivity contribution in [3.05, 3.63) is 101 Å². The second-order valence-corrected chi connectivity index (χ2v) is 9.79. The molecule has 7 nitrogen and oxygen atoms in total. The fourth-order valence-corrected chi connectivity index (χ4v) is 4.44. The number of para-hydroxylation sites is 1. The first kappa shape index (κ1) is 25.0. The van der Waals surface area contributed by atoms with Crippen LogP contribution in [-0.4, -0.2) is 30.7 Å². The lowest BCUT2D eigenvalue weighted by atomic mass is 9.84. The van der Waals surface area contributed by atoms with E-state index in [2.05, 4.69) is 5.32 Å². The number of fused-ring (bicyclic) bond motifs is 1. The highest BCUT2D eigenvalue weighted by atomic mass is 16.6. The van der Waals surface area contributed by atoms with Gasteiger partial charge in [-0.05, 0) is 50.1 Å². The van der Waals surface area contributed by atoms with Crippen LogP contribution in [0.25, 0.3) is 0 Å². The molecule has 1 aliphatic heterocycles. The molecule has 36 heavy (non-hydrogen) atoms. The summed E-state index contributed by atoms with van der Waals surface area (Å²) in [6.07, 6.45) is -0.507. The van der Waals surface area contributed by atoms with E-state index in [1.165, 1.54) is 7.11 Å². The van der Waals surface area contributed by atoms with Gasteiger partial charge in [0.2, 0.25) is 0 Å². The molecule has 0 fully saturated rings. The molecule has 3 aromatic rings. The van der Waals surface area contributed by atoms with Gasteiger partial charge in [-0.25, -0.2) is 9.59 Å². The van der Waals surface area contributed by atoms with Crippen LogP contribution in [0.1, 0.15) is 47.8 Å². The molecular weight excluding hydrogens is 456 g/mol. The average Bonchev–Trinajstić information content (AvgIpc) is 3.06. The maximum Gasteiger partial charge on any atom is 0.408 e. The van der Waals surface area contributed by atoms with E-state index in [1.54, 1.807) is 49.9 Å². The van der Waals surface area contributed by atoms with Crippen LogP contribution in [-0.2, 0) is 32.8 Å². The van der Waals surface area contributed by atoms with Crippen LogP contribution in [0.4, 0.5) is 10.5 Å². The van der Waals surface area contributed by atoms with E-state index in [-0.39, 0.29) is 12.3 Å². The number of esters is 1. The molecule has 0 aromatic heterocycles. The highest BCUT2D eigenvalue weighted by Gasteiger charge is 2.52. The van der Waals surface area contributed by atoms with E-state index in [1.807, 2.05) is 54.6 Å². The Morgan fingerprint density at radius 2 is 1.53 bits per heavy atom. The van der Waals surface area contributed by atoms with Crippen molar-refractivity contribution in [1.29, 1.82) is 0 Å². The van der Waals surface area contributed by atoms with Crippen molar-refractivity contribution >= 4 is 23.7 Å². The van der Waals surface area contributed by atoms with Gasteiger partial charge < -0.3 is 19.7 Å². The van der Waals surface area contributed by atoms with Gasteiger partial charge in [0.15, 0.2) is 5.54 Å². The molecule has 0 spiro atoms. The quantitative estimate of drug-likeness (QED) is 0.497. The van der Waals surface area contributed by atoms with Crippen molar-refractivity contribution in [2.45, 2.75) is 44.9 Å². The summed E-state index contributed by atoms with van der Waals surface area (Å²) in [5, 5.41) is 2.92. The van der Waals surface area contributed by atoms with Crippen molar-refractivity contribution in [1.82, 2.24) is 5.32 Å². The topological polar surface area (TPSA) is 84.9 Å². The van der Waals surface area contributed by atoms with Crippen molar-refractivity contribution in [3.63, 3.8) is 0 Å². The highest BCUT2D eigenvalue weighted by Crippen LogP contribution is 2.43. The summed E-state index contributed by atoms with van der Waals surface area (Å²) < 4.78 is 10.4. The monoisotopic (exact) mass is 486 g/mol. The van der Waals surface area contributed by atoms with Crippen LogP contribution in [0.3, 0.4) is 0 Å². The van der Waals surface area contributed by atoms with Gasteiger partial charge in [0.25, 0.3) is 5.91 Å². The first-order valence-electron chi connectivity index (χ1n) is 11.8. The number of ether oxygens (including phenoxy) is 2. The van der Waals surface area contributed by atoms with E-state index in [0.29, 0.717) is 17.7 Å². The van der Waals surface area contributed by atoms with E-state index in [4.69, 9.17) is 9.47 Å². The lowest BCUT2D eigenvalue weighted by molar-refractivity contribution is -0.124. The number of carbonyl (C=O) groups is 3.